The van der Waals surface area contributed by atoms with Crippen molar-refractivity contribution in [3.63, 3.8) is 0 Å². The van der Waals surface area contributed by atoms with Crippen LogP contribution in [0.1, 0.15) is 25.0 Å². The molecule has 0 amide bonds. The molecule has 0 saturated carbocycles. The van der Waals surface area contributed by atoms with E-state index in [0.29, 0.717) is 17.5 Å². The van der Waals surface area contributed by atoms with Gasteiger partial charge in [0, 0.05) is 27.5 Å². The Morgan fingerprint density at radius 1 is 0.367 bits per heavy atom. The van der Waals surface area contributed by atoms with Crippen LogP contribution in [0.4, 0.5) is 0 Å². The molecule has 0 saturated heterocycles. The molecule has 0 fully saturated rings. The molecule has 49 heavy (non-hydrogen) atoms. The molecule has 3 heteroatoms. The second kappa shape index (κ2) is 11.5. The minimum atomic E-state index is -0.171. The van der Waals surface area contributed by atoms with Crippen molar-refractivity contribution in [3.8, 4) is 67.5 Å². The highest BCUT2D eigenvalue weighted by atomic mass is 15.0. The molecular formula is C46H33N3. The molecule has 0 N–H and O–H groups in total. The summed E-state index contributed by atoms with van der Waals surface area (Å²) in [6.45, 7) is 4.69. The van der Waals surface area contributed by atoms with Crippen molar-refractivity contribution in [1.82, 2.24) is 15.0 Å². The van der Waals surface area contributed by atoms with Crippen LogP contribution in [-0.2, 0) is 5.41 Å². The van der Waals surface area contributed by atoms with Gasteiger partial charge in [-0.25, -0.2) is 15.0 Å². The maximum absolute atomic E-state index is 5.31. The van der Waals surface area contributed by atoms with Gasteiger partial charge in [-0.3, -0.25) is 0 Å². The summed E-state index contributed by atoms with van der Waals surface area (Å²) in [6, 6.07) is 57.7. The Kier molecular flexibility index (Phi) is 6.80. The third-order valence-electron chi connectivity index (χ3n) is 9.90. The average Bonchev–Trinajstić information content (AvgIpc) is 3.41. The smallest absolute Gasteiger partial charge is 0.164 e. The molecule has 0 unspecified atom stereocenters. The Labute approximate surface area is 286 Å². The van der Waals surface area contributed by atoms with Gasteiger partial charge in [0.1, 0.15) is 0 Å². The average molecular weight is 628 g/mol. The standard InChI is InChI=1S/C46H33N3/c1-46(2)40-27-13-12-24-36(40)38-29-39(41-35(31-18-8-4-9-19-31)25-15-26-37(41)42(38)46)45-48-43(32-20-10-5-11-21-32)47-44(49-45)34-23-14-22-33(28-34)30-16-6-3-7-17-30/h3-29H,1-2H3. The molecule has 9 rings (SSSR count). The van der Waals surface area contributed by atoms with E-state index in [4.69, 9.17) is 15.0 Å². The van der Waals surface area contributed by atoms with Crippen LogP contribution >= 0.6 is 0 Å². The molecule has 1 heterocycles. The summed E-state index contributed by atoms with van der Waals surface area (Å²) in [7, 11) is 0. The lowest BCUT2D eigenvalue weighted by Crippen LogP contribution is -2.15. The van der Waals surface area contributed by atoms with Gasteiger partial charge in [0.05, 0.1) is 0 Å². The topological polar surface area (TPSA) is 38.7 Å². The van der Waals surface area contributed by atoms with Crippen molar-refractivity contribution >= 4 is 10.8 Å². The summed E-state index contributed by atoms with van der Waals surface area (Å²) in [6.07, 6.45) is 0. The van der Waals surface area contributed by atoms with E-state index < -0.39 is 0 Å². The third kappa shape index (κ3) is 4.86. The number of benzene rings is 7. The number of aromatic nitrogens is 3. The van der Waals surface area contributed by atoms with Crippen LogP contribution < -0.4 is 0 Å². The third-order valence-corrected chi connectivity index (χ3v) is 9.90. The lowest BCUT2D eigenvalue weighted by molar-refractivity contribution is 0.666. The Balaban J connectivity index is 1.37. The fourth-order valence-electron chi connectivity index (χ4n) is 7.61. The van der Waals surface area contributed by atoms with Crippen LogP contribution in [0.5, 0.6) is 0 Å². The van der Waals surface area contributed by atoms with Crippen LogP contribution in [0, 0.1) is 0 Å². The van der Waals surface area contributed by atoms with E-state index >= 15 is 0 Å². The maximum Gasteiger partial charge on any atom is 0.164 e. The molecule has 1 aliphatic rings. The van der Waals surface area contributed by atoms with Gasteiger partial charge in [0.25, 0.3) is 0 Å². The van der Waals surface area contributed by atoms with E-state index in [2.05, 4.69) is 153 Å². The van der Waals surface area contributed by atoms with Crippen LogP contribution in [0.15, 0.2) is 164 Å². The number of rotatable bonds is 5. The van der Waals surface area contributed by atoms with Gasteiger partial charge in [-0.15, -0.1) is 0 Å². The van der Waals surface area contributed by atoms with Crippen LogP contribution in [0.25, 0.3) is 78.3 Å². The first-order chi connectivity index (χ1) is 24.1. The van der Waals surface area contributed by atoms with Gasteiger partial charge < -0.3 is 0 Å². The largest absolute Gasteiger partial charge is 0.208 e. The first kappa shape index (κ1) is 29.0. The minimum Gasteiger partial charge on any atom is -0.208 e. The van der Waals surface area contributed by atoms with E-state index in [1.54, 1.807) is 0 Å². The summed E-state index contributed by atoms with van der Waals surface area (Å²) in [5, 5.41) is 2.38. The summed E-state index contributed by atoms with van der Waals surface area (Å²) >= 11 is 0. The zero-order valence-corrected chi connectivity index (χ0v) is 27.4. The minimum absolute atomic E-state index is 0.171. The summed E-state index contributed by atoms with van der Waals surface area (Å²) in [5.41, 5.74) is 12.5. The number of nitrogens with zero attached hydrogens (tertiary/aromatic N) is 3. The second-order valence-corrected chi connectivity index (χ2v) is 13.2. The highest BCUT2D eigenvalue weighted by molar-refractivity contribution is 6.11. The van der Waals surface area contributed by atoms with Gasteiger partial charge in [-0.05, 0) is 62.0 Å². The van der Waals surface area contributed by atoms with Crippen molar-refractivity contribution in [2.75, 3.05) is 0 Å². The van der Waals surface area contributed by atoms with E-state index in [1.807, 2.05) is 24.3 Å². The molecule has 3 nitrogen and oxygen atoms in total. The van der Waals surface area contributed by atoms with Crippen molar-refractivity contribution in [2.24, 2.45) is 0 Å². The SMILES string of the molecule is CC1(C)c2ccccc2-c2cc(-c3nc(-c4ccccc4)nc(-c4cccc(-c5ccccc5)c4)n3)c3c(-c4ccccc4)cccc3c21. The Bertz CT molecular complexity index is 2500. The molecule has 1 aromatic heterocycles. The molecule has 0 aliphatic heterocycles. The van der Waals surface area contributed by atoms with Crippen molar-refractivity contribution < 1.29 is 0 Å². The monoisotopic (exact) mass is 627 g/mol. The van der Waals surface area contributed by atoms with Crippen LogP contribution in [-0.4, -0.2) is 15.0 Å². The fraction of sp³-hybridized carbons (Fsp3) is 0.0652. The lowest BCUT2D eigenvalue weighted by Gasteiger charge is -2.25. The summed E-state index contributed by atoms with van der Waals surface area (Å²) in [5.74, 6) is 1.96. The molecule has 0 atom stereocenters. The van der Waals surface area contributed by atoms with Crippen molar-refractivity contribution in [1.29, 1.82) is 0 Å². The van der Waals surface area contributed by atoms with Gasteiger partial charge in [-0.2, -0.15) is 0 Å². The van der Waals surface area contributed by atoms with E-state index in [1.165, 1.54) is 27.6 Å². The maximum atomic E-state index is 5.31. The summed E-state index contributed by atoms with van der Waals surface area (Å²) < 4.78 is 0. The number of fused-ring (bicyclic) bond motifs is 5. The molecule has 0 spiro atoms. The van der Waals surface area contributed by atoms with Crippen molar-refractivity contribution in [3.05, 3.63) is 175 Å². The zero-order chi connectivity index (χ0) is 33.0. The number of hydrogen-bond donors (Lipinski definition) is 0. The first-order valence-corrected chi connectivity index (χ1v) is 16.8. The van der Waals surface area contributed by atoms with Gasteiger partial charge in [0.2, 0.25) is 0 Å². The molecule has 232 valence electrons. The van der Waals surface area contributed by atoms with Crippen LogP contribution in [0.2, 0.25) is 0 Å². The van der Waals surface area contributed by atoms with E-state index in [-0.39, 0.29) is 5.41 Å². The fourth-order valence-corrected chi connectivity index (χ4v) is 7.61. The molecule has 8 aromatic rings. The Morgan fingerprint density at radius 2 is 0.898 bits per heavy atom. The predicted octanol–water partition coefficient (Wildman–Crippen LogP) is 11.7. The lowest BCUT2D eigenvalue weighted by atomic mass is 9.78. The molecular weight excluding hydrogens is 595 g/mol. The van der Waals surface area contributed by atoms with Gasteiger partial charge >= 0.3 is 0 Å². The molecule has 0 radical (unpaired) electrons. The van der Waals surface area contributed by atoms with Gasteiger partial charge in [0.15, 0.2) is 17.5 Å². The van der Waals surface area contributed by atoms with Crippen molar-refractivity contribution in [2.45, 2.75) is 19.3 Å². The Hall–Kier alpha value is -6.19. The van der Waals surface area contributed by atoms with Gasteiger partial charge in [-0.1, -0.05) is 166 Å². The van der Waals surface area contributed by atoms with E-state index in [0.717, 1.165) is 44.3 Å². The molecule has 1 aliphatic carbocycles. The molecule has 0 bridgehead atoms. The quantitative estimate of drug-likeness (QED) is 0.191. The van der Waals surface area contributed by atoms with Crippen LogP contribution in [0.3, 0.4) is 0 Å². The number of hydrogen-bond acceptors (Lipinski definition) is 3. The highest BCUT2D eigenvalue weighted by Crippen LogP contribution is 2.54. The zero-order valence-electron chi connectivity index (χ0n) is 27.4. The first-order valence-electron chi connectivity index (χ1n) is 16.8. The highest BCUT2D eigenvalue weighted by Gasteiger charge is 2.38. The Morgan fingerprint density at radius 3 is 1.63 bits per heavy atom. The second-order valence-electron chi connectivity index (χ2n) is 13.2. The predicted molar refractivity (Wildman–Crippen MR) is 202 cm³/mol. The van der Waals surface area contributed by atoms with E-state index in [9.17, 15) is 0 Å². The normalized spacial score (nSPS) is 12.9. The molecule has 7 aromatic carbocycles. The summed E-state index contributed by atoms with van der Waals surface area (Å²) in [4.78, 5) is 15.7.